The van der Waals surface area contributed by atoms with Gasteiger partial charge in [-0.05, 0) is 34.1 Å². The number of nitrogens with two attached hydrogens (primary N) is 1. The van der Waals surface area contributed by atoms with Crippen LogP contribution in [0.3, 0.4) is 0 Å². The summed E-state index contributed by atoms with van der Waals surface area (Å²) in [5.41, 5.74) is 5.03. The van der Waals surface area contributed by atoms with E-state index in [4.69, 9.17) is 15.2 Å². The predicted octanol–water partition coefficient (Wildman–Crippen LogP) is 0.812. The van der Waals surface area contributed by atoms with Crippen molar-refractivity contribution in [1.82, 2.24) is 10.6 Å². The Kier molecular flexibility index (Phi) is 8.94. The Morgan fingerprint density at radius 3 is 2.26 bits per heavy atom. The summed E-state index contributed by atoms with van der Waals surface area (Å²) < 4.78 is 9.80. The number of ether oxygens (including phenoxy) is 2. The number of hydrogen-bond donors (Lipinski definition) is 3. The lowest BCUT2D eigenvalue weighted by molar-refractivity contribution is -0.141. The molecule has 0 rings (SSSR count). The molecule has 0 saturated carbocycles. The Hall–Kier alpha value is -2.09. The van der Waals surface area contributed by atoms with Crippen LogP contribution in [0.15, 0.2) is 12.3 Å². The number of allylic oxidation sites excluding steroid dienone is 1. The number of carbonyl (C=O) groups is 3. The molecule has 0 aliphatic carbocycles. The van der Waals surface area contributed by atoms with E-state index in [1.54, 1.807) is 20.8 Å². The minimum Gasteiger partial charge on any atom is -0.444 e. The van der Waals surface area contributed by atoms with Gasteiger partial charge >= 0.3 is 12.1 Å². The third-order valence-electron chi connectivity index (χ3n) is 2.38. The molecule has 1 atom stereocenters. The minimum absolute atomic E-state index is 0.0822. The zero-order valence-corrected chi connectivity index (χ0v) is 14.2. The van der Waals surface area contributed by atoms with Crippen molar-refractivity contribution in [3.05, 3.63) is 12.3 Å². The lowest BCUT2D eigenvalue weighted by atomic mass is 10.1. The smallest absolute Gasteiger partial charge is 0.407 e. The molecular weight excluding hydrogens is 302 g/mol. The van der Waals surface area contributed by atoms with Crippen LogP contribution in [-0.2, 0) is 19.1 Å². The maximum atomic E-state index is 11.6. The fourth-order valence-corrected chi connectivity index (χ4v) is 1.42. The van der Waals surface area contributed by atoms with E-state index in [0.29, 0.717) is 0 Å². The second-order valence-electron chi connectivity index (χ2n) is 6.05. The van der Waals surface area contributed by atoms with Crippen LogP contribution in [0.2, 0.25) is 0 Å². The molecule has 0 fully saturated rings. The molecule has 0 aromatic carbocycles. The molecule has 0 spiro atoms. The molecule has 0 bridgehead atoms. The molecule has 0 saturated heterocycles. The Labute approximate surface area is 136 Å². The zero-order chi connectivity index (χ0) is 18.0. The van der Waals surface area contributed by atoms with Gasteiger partial charge in [0.15, 0.2) is 0 Å². The average molecular weight is 329 g/mol. The van der Waals surface area contributed by atoms with E-state index in [9.17, 15) is 14.4 Å². The van der Waals surface area contributed by atoms with Crippen molar-refractivity contribution in [2.75, 3.05) is 13.1 Å². The van der Waals surface area contributed by atoms with Crippen molar-refractivity contribution < 1.29 is 23.9 Å². The summed E-state index contributed by atoms with van der Waals surface area (Å²) in [5.74, 6) is -0.630. The monoisotopic (exact) mass is 329 g/mol. The Morgan fingerprint density at radius 2 is 1.74 bits per heavy atom. The number of alkyl carbamates (subject to hydrolysis) is 1. The van der Waals surface area contributed by atoms with Crippen LogP contribution in [-0.4, -0.2) is 42.7 Å². The molecule has 8 heteroatoms. The molecule has 2 amide bonds. The predicted molar refractivity (Wildman–Crippen MR) is 85.4 cm³/mol. The Balaban J connectivity index is 3.82. The number of carbonyl (C=O) groups excluding carboxylic acids is 3. The van der Waals surface area contributed by atoms with Crippen LogP contribution < -0.4 is 16.4 Å². The molecule has 0 radical (unpaired) electrons. The summed E-state index contributed by atoms with van der Waals surface area (Å²) in [7, 11) is 0. The van der Waals surface area contributed by atoms with Gasteiger partial charge in [0.25, 0.3) is 0 Å². The summed E-state index contributed by atoms with van der Waals surface area (Å²) in [4.78, 5) is 34.4. The standard InChI is InChI=1S/C15H27N3O5/c1-10(2)22-13(20)11(16)6-7-12(19)17-8-9-18-14(21)23-15(3,4)5/h11H,1,6-9,16H2,2-5H3,(H,17,19)(H,18,21)/t11-/m0/s1. The van der Waals surface area contributed by atoms with Crippen molar-refractivity contribution in [2.45, 2.75) is 52.2 Å². The van der Waals surface area contributed by atoms with Gasteiger partial charge in [0, 0.05) is 19.5 Å². The van der Waals surface area contributed by atoms with E-state index in [1.807, 2.05) is 0 Å². The third kappa shape index (κ3) is 12.2. The van der Waals surface area contributed by atoms with E-state index in [0.717, 1.165) is 0 Å². The van der Waals surface area contributed by atoms with Crippen LogP contribution in [0.1, 0.15) is 40.5 Å². The second-order valence-corrected chi connectivity index (χ2v) is 6.05. The van der Waals surface area contributed by atoms with Crippen molar-refractivity contribution in [3.63, 3.8) is 0 Å². The maximum absolute atomic E-state index is 11.6. The van der Waals surface area contributed by atoms with Crippen LogP contribution in [0.25, 0.3) is 0 Å². The highest BCUT2D eigenvalue weighted by molar-refractivity contribution is 5.79. The first-order valence-electron chi connectivity index (χ1n) is 7.37. The van der Waals surface area contributed by atoms with Gasteiger partial charge in [0.2, 0.25) is 5.91 Å². The van der Waals surface area contributed by atoms with Crippen molar-refractivity contribution in [1.29, 1.82) is 0 Å². The van der Waals surface area contributed by atoms with Crippen LogP contribution in [0.5, 0.6) is 0 Å². The summed E-state index contributed by atoms with van der Waals surface area (Å²) in [6.45, 7) is 10.7. The van der Waals surface area contributed by atoms with Crippen molar-refractivity contribution >= 4 is 18.0 Å². The fourth-order valence-electron chi connectivity index (χ4n) is 1.42. The lowest BCUT2D eigenvalue weighted by Crippen LogP contribution is -2.38. The number of nitrogens with one attached hydrogen (secondary N) is 2. The number of hydrogen-bond acceptors (Lipinski definition) is 6. The van der Waals surface area contributed by atoms with Gasteiger partial charge in [-0.1, -0.05) is 6.58 Å². The molecule has 8 nitrogen and oxygen atoms in total. The number of amides is 2. The average Bonchev–Trinajstić information content (AvgIpc) is 2.38. The van der Waals surface area contributed by atoms with Crippen LogP contribution >= 0.6 is 0 Å². The van der Waals surface area contributed by atoms with Gasteiger partial charge < -0.3 is 25.8 Å². The summed E-state index contributed by atoms with van der Waals surface area (Å²) in [6.07, 6.45) is -0.299. The highest BCUT2D eigenvalue weighted by Gasteiger charge is 2.17. The molecule has 0 unspecified atom stereocenters. The van der Waals surface area contributed by atoms with E-state index in [2.05, 4.69) is 17.2 Å². The van der Waals surface area contributed by atoms with Gasteiger partial charge in [-0.3, -0.25) is 4.79 Å². The second kappa shape index (κ2) is 9.83. The maximum Gasteiger partial charge on any atom is 0.407 e. The SMILES string of the molecule is C=C(C)OC(=O)[C@@H](N)CCC(=O)NCCNC(=O)OC(C)(C)C. The molecule has 23 heavy (non-hydrogen) atoms. The third-order valence-corrected chi connectivity index (χ3v) is 2.38. The number of rotatable bonds is 8. The molecule has 0 aliphatic heterocycles. The molecular formula is C15H27N3O5. The summed E-state index contributed by atoms with van der Waals surface area (Å²) in [5, 5.41) is 5.12. The largest absolute Gasteiger partial charge is 0.444 e. The van der Waals surface area contributed by atoms with Crippen LogP contribution in [0.4, 0.5) is 4.79 Å². The van der Waals surface area contributed by atoms with E-state index in [-0.39, 0.29) is 37.6 Å². The molecule has 0 aromatic heterocycles. The highest BCUT2D eigenvalue weighted by Crippen LogP contribution is 2.06. The summed E-state index contributed by atoms with van der Waals surface area (Å²) in [6, 6.07) is -0.877. The van der Waals surface area contributed by atoms with E-state index >= 15 is 0 Å². The van der Waals surface area contributed by atoms with Crippen molar-refractivity contribution in [3.8, 4) is 0 Å². The van der Waals surface area contributed by atoms with E-state index in [1.165, 1.54) is 6.92 Å². The van der Waals surface area contributed by atoms with Gasteiger partial charge in [-0.2, -0.15) is 0 Å². The lowest BCUT2D eigenvalue weighted by Gasteiger charge is -2.19. The molecule has 0 aliphatic rings. The molecule has 132 valence electrons. The first-order chi connectivity index (χ1) is 10.5. The Morgan fingerprint density at radius 1 is 1.17 bits per heavy atom. The van der Waals surface area contributed by atoms with Gasteiger partial charge in [0.05, 0.1) is 5.76 Å². The van der Waals surface area contributed by atoms with Crippen LogP contribution in [0, 0.1) is 0 Å². The topological polar surface area (TPSA) is 120 Å². The van der Waals surface area contributed by atoms with E-state index < -0.39 is 23.7 Å². The minimum atomic E-state index is -0.877. The fraction of sp³-hybridized carbons (Fsp3) is 0.667. The van der Waals surface area contributed by atoms with Crippen molar-refractivity contribution in [2.24, 2.45) is 5.73 Å². The van der Waals surface area contributed by atoms with Gasteiger partial charge in [-0.25, -0.2) is 9.59 Å². The highest BCUT2D eigenvalue weighted by atomic mass is 16.6. The quantitative estimate of drug-likeness (QED) is 0.344. The first-order valence-corrected chi connectivity index (χ1v) is 7.37. The molecule has 0 aromatic rings. The first kappa shape index (κ1) is 20.9. The summed E-state index contributed by atoms with van der Waals surface area (Å²) >= 11 is 0. The number of esters is 1. The molecule has 4 N–H and O–H groups in total. The molecule has 0 heterocycles. The Bertz CT molecular complexity index is 443. The normalized spacial score (nSPS) is 12.0. The van der Waals surface area contributed by atoms with Gasteiger partial charge in [0.1, 0.15) is 11.6 Å². The zero-order valence-electron chi connectivity index (χ0n) is 14.2. The van der Waals surface area contributed by atoms with Gasteiger partial charge in [-0.15, -0.1) is 0 Å².